The first kappa shape index (κ1) is 14.1. The molecule has 0 aliphatic heterocycles. The van der Waals surface area contributed by atoms with Crippen LogP contribution in [0.1, 0.15) is 23.5 Å². The van der Waals surface area contributed by atoms with Crippen molar-refractivity contribution >= 4 is 27.5 Å². The molecule has 2 aromatic rings. The number of nitriles is 1. The maximum atomic E-state index is 9.29. The molecule has 2 rings (SSSR count). The lowest BCUT2D eigenvalue weighted by molar-refractivity contribution is 0.746. The molecule has 96 valence electrons. The van der Waals surface area contributed by atoms with Crippen LogP contribution in [0.25, 0.3) is 0 Å². The van der Waals surface area contributed by atoms with E-state index >= 15 is 0 Å². The number of benzene rings is 2. The predicted molar refractivity (Wildman–Crippen MR) is 82.3 cm³/mol. The number of hydrogen-bond acceptors (Lipinski definition) is 1. The summed E-state index contributed by atoms with van der Waals surface area (Å²) in [4.78, 5) is 0. The van der Waals surface area contributed by atoms with Crippen molar-refractivity contribution in [2.75, 3.05) is 0 Å². The third kappa shape index (κ3) is 4.09. The van der Waals surface area contributed by atoms with E-state index in [-0.39, 0.29) is 5.92 Å². The summed E-state index contributed by atoms with van der Waals surface area (Å²) in [6.07, 6.45) is 1.70. The lowest BCUT2D eigenvalue weighted by Gasteiger charge is -2.09. The molecule has 3 heteroatoms. The second kappa shape index (κ2) is 6.75. The van der Waals surface area contributed by atoms with Gasteiger partial charge in [0.2, 0.25) is 0 Å². The van der Waals surface area contributed by atoms with Gasteiger partial charge < -0.3 is 0 Å². The van der Waals surface area contributed by atoms with E-state index in [0.717, 1.165) is 27.9 Å². The second-order valence-electron chi connectivity index (χ2n) is 4.40. The molecule has 0 saturated heterocycles. The summed E-state index contributed by atoms with van der Waals surface area (Å²) < 4.78 is 1.03. The van der Waals surface area contributed by atoms with Gasteiger partial charge in [0, 0.05) is 9.50 Å². The molecule has 0 heterocycles. The van der Waals surface area contributed by atoms with E-state index in [1.165, 1.54) is 5.56 Å². The first-order chi connectivity index (χ1) is 9.19. The Balaban J connectivity index is 2.02. The minimum Gasteiger partial charge on any atom is -0.198 e. The quantitative estimate of drug-likeness (QED) is 0.740. The largest absolute Gasteiger partial charge is 0.198 e. The first-order valence-corrected chi connectivity index (χ1v) is 7.25. The molecule has 0 fully saturated rings. The Kier molecular flexibility index (Phi) is 5.01. The average Bonchev–Trinajstić information content (AvgIpc) is 2.43. The van der Waals surface area contributed by atoms with Crippen LogP contribution in [0, 0.1) is 11.3 Å². The van der Waals surface area contributed by atoms with Gasteiger partial charge in [0.05, 0.1) is 12.0 Å². The van der Waals surface area contributed by atoms with Gasteiger partial charge in [-0.15, -0.1) is 0 Å². The Labute approximate surface area is 127 Å². The highest BCUT2D eigenvalue weighted by molar-refractivity contribution is 9.10. The SMILES string of the molecule is N#CC(CCc1ccc(Cl)cc1)c1ccc(Br)cc1. The molecule has 0 aromatic heterocycles. The zero-order chi connectivity index (χ0) is 13.7. The molecule has 1 atom stereocenters. The van der Waals surface area contributed by atoms with Crippen LogP contribution in [0.15, 0.2) is 53.0 Å². The molecule has 1 nitrogen and oxygen atoms in total. The van der Waals surface area contributed by atoms with Crippen molar-refractivity contribution in [3.05, 3.63) is 69.2 Å². The molecular formula is C16H13BrClN. The Morgan fingerprint density at radius 3 is 2.26 bits per heavy atom. The fourth-order valence-electron chi connectivity index (χ4n) is 1.96. The third-order valence-corrected chi connectivity index (χ3v) is 3.84. The smallest absolute Gasteiger partial charge is 0.0715 e. The molecule has 1 unspecified atom stereocenters. The monoisotopic (exact) mass is 333 g/mol. The Hall–Kier alpha value is -1.30. The highest BCUT2D eigenvalue weighted by Crippen LogP contribution is 2.23. The predicted octanol–water partition coefficient (Wildman–Crippen LogP) is 5.34. The van der Waals surface area contributed by atoms with Gasteiger partial charge in [0.25, 0.3) is 0 Å². The molecular weight excluding hydrogens is 322 g/mol. The maximum absolute atomic E-state index is 9.29. The Morgan fingerprint density at radius 2 is 1.68 bits per heavy atom. The van der Waals surface area contributed by atoms with Crippen LogP contribution in [-0.4, -0.2) is 0 Å². The van der Waals surface area contributed by atoms with Gasteiger partial charge in [0.15, 0.2) is 0 Å². The molecule has 2 aromatic carbocycles. The van der Waals surface area contributed by atoms with E-state index in [1.807, 2.05) is 48.5 Å². The molecule has 0 aliphatic rings. The summed E-state index contributed by atoms with van der Waals surface area (Å²) in [7, 11) is 0. The Morgan fingerprint density at radius 1 is 1.05 bits per heavy atom. The second-order valence-corrected chi connectivity index (χ2v) is 5.75. The van der Waals surface area contributed by atoms with Crippen molar-refractivity contribution in [3.63, 3.8) is 0 Å². The zero-order valence-corrected chi connectivity index (χ0v) is 12.7. The van der Waals surface area contributed by atoms with Gasteiger partial charge in [-0.05, 0) is 48.2 Å². The fraction of sp³-hybridized carbons (Fsp3) is 0.188. The Bertz CT molecular complexity index is 569. The molecule has 0 saturated carbocycles. The lowest BCUT2D eigenvalue weighted by atomic mass is 9.94. The number of aryl methyl sites for hydroxylation is 1. The molecule has 0 radical (unpaired) electrons. The summed E-state index contributed by atoms with van der Waals surface area (Å²) in [5.41, 5.74) is 2.28. The van der Waals surface area contributed by atoms with E-state index < -0.39 is 0 Å². The normalized spacial score (nSPS) is 11.8. The number of rotatable bonds is 4. The lowest BCUT2D eigenvalue weighted by Crippen LogP contribution is -1.98. The first-order valence-electron chi connectivity index (χ1n) is 6.08. The number of hydrogen-bond donors (Lipinski definition) is 0. The highest BCUT2D eigenvalue weighted by Gasteiger charge is 2.10. The van der Waals surface area contributed by atoms with Crippen molar-refractivity contribution in [1.82, 2.24) is 0 Å². The van der Waals surface area contributed by atoms with Crippen LogP contribution in [0.2, 0.25) is 5.02 Å². The van der Waals surface area contributed by atoms with Crippen LogP contribution in [0.5, 0.6) is 0 Å². The van der Waals surface area contributed by atoms with Crippen LogP contribution in [-0.2, 0) is 6.42 Å². The van der Waals surface area contributed by atoms with Crippen molar-refractivity contribution < 1.29 is 0 Å². The fourth-order valence-corrected chi connectivity index (χ4v) is 2.35. The molecule has 0 spiro atoms. The topological polar surface area (TPSA) is 23.8 Å². The van der Waals surface area contributed by atoms with E-state index in [2.05, 4.69) is 22.0 Å². The van der Waals surface area contributed by atoms with E-state index in [0.29, 0.717) is 0 Å². The molecule has 0 amide bonds. The summed E-state index contributed by atoms with van der Waals surface area (Å²) in [5.74, 6) is -0.0659. The molecule has 0 aliphatic carbocycles. The van der Waals surface area contributed by atoms with Gasteiger partial charge in [-0.25, -0.2) is 0 Å². The van der Waals surface area contributed by atoms with Crippen LogP contribution in [0.4, 0.5) is 0 Å². The van der Waals surface area contributed by atoms with Gasteiger partial charge >= 0.3 is 0 Å². The maximum Gasteiger partial charge on any atom is 0.0715 e. The van der Waals surface area contributed by atoms with Gasteiger partial charge in [-0.3, -0.25) is 0 Å². The molecule has 0 N–H and O–H groups in total. The summed E-state index contributed by atoms with van der Waals surface area (Å²) in [6.45, 7) is 0. The summed E-state index contributed by atoms with van der Waals surface area (Å²) in [5, 5.41) is 10.0. The van der Waals surface area contributed by atoms with Crippen molar-refractivity contribution in [1.29, 1.82) is 5.26 Å². The van der Waals surface area contributed by atoms with Gasteiger partial charge in [0.1, 0.15) is 0 Å². The minimum atomic E-state index is -0.0659. The molecule has 0 bridgehead atoms. The van der Waals surface area contributed by atoms with Crippen LogP contribution >= 0.6 is 27.5 Å². The van der Waals surface area contributed by atoms with E-state index in [9.17, 15) is 5.26 Å². The van der Waals surface area contributed by atoms with Gasteiger partial charge in [-0.2, -0.15) is 5.26 Å². The number of nitrogens with zero attached hydrogens (tertiary/aromatic N) is 1. The highest BCUT2D eigenvalue weighted by atomic mass is 79.9. The minimum absolute atomic E-state index is 0.0659. The van der Waals surface area contributed by atoms with E-state index in [4.69, 9.17) is 11.6 Å². The van der Waals surface area contributed by atoms with Crippen molar-refractivity contribution in [2.45, 2.75) is 18.8 Å². The zero-order valence-electron chi connectivity index (χ0n) is 10.3. The van der Waals surface area contributed by atoms with E-state index in [1.54, 1.807) is 0 Å². The average molecular weight is 335 g/mol. The molecule has 19 heavy (non-hydrogen) atoms. The summed E-state index contributed by atoms with van der Waals surface area (Å²) >= 11 is 9.26. The number of halogens is 2. The van der Waals surface area contributed by atoms with Crippen molar-refractivity contribution in [2.24, 2.45) is 0 Å². The summed E-state index contributed by atoms with van der Waals surface area (Å²) in [6, 6.07) is 18.1. The van der Waals surface area contributed by atoms with Crippen LogP contribution < -0.4 is 0 Å². The third-order valence-electron chi connectivity index (χ3n) is 3.06. The standard InChI is InChI=1S/C16H13BrClN/c17-15-7-5-13(6-8-15)14(11-19)4-1-12-2-9-16(18)10-3-12/h2-3,5-10,14H,1,4H2. The van der Waals surface area contributed by atoms with Gasteiger partial charge in [-0.1, -0.05) is 51.8 Å². The van der Waals surface area contributed by atoms with Crippen LogP contribution in [0.3, 0.4) is 0 Å². The van der Waals surface area contributed by atoms with Crippen molar-refractivity contribution in [3.8, 4) is 6.07 Å².